The largest absolute Gasteiger partial charge is 0.383 e. The molecule has 0 saturated carbocycles. The lowest BCUT2D eigenvalue weighted by molar-refractivity contribution is 0.0748. The summed E-state index contributed by atoms with van der Waals surface area (Å²) in [5, 5.41) is 11.7. The van der Waals surface area contributed by atoms with Crippen LogP contribution < -0.4 is 16.4 Å². The molecule has 3 aromatic rings. The van der Waals surface area contributed by atoms with Gasteiger partial charge in [0.05, 0.1) is 23.7 Å². The van der Waals surface area contributed by atoms with Crippen molar-refractivity contribution < 1.29 is 14.3 Å². The third kappa shape index (κ3) is 4.83. The van der Waals surface area contributed by atoms with Gasteiger partial charge in [-0.1, -0.05) is 6.07 Å². The first-order valence-corrected chi connectivity index (χ1v) is 10.3. The monoisotopic (exact) mass is 427 g/mol. The molecule has 2 N–H and O–H groups in total. The number of hydrogen-bond donors (Lipinski definition) is 2. The highest BCUT2D eigenvalue weighted by atomic mass is 16.5. The van der Waals surface area contributed by atoms with E-state index in [1.807, 2.05) is 26.8 Å². The summed E-state index contributed by atoms with van der Waals surface area (Å²) >= 11 is 0. The lowest BCUT2D eigenvalue weighted by atomic mass is 10.2. The first kappa shape index (κ1) is 22.6. The van der Waals surface area contributed by atoms with Crippen LogP contribution in [0.2, 0.25) is 0 Å². The molecule has 31 heavy (non-hydrogen) atoms. The Labute approximate surface area is 180 Å². The van der Waals surface area contributed by atoms with E-state index in [0.29, 0.717) is 49.4 Å². The van der Waals surface area contributed by atoms with Gasteiger partial charge in [-0.15, -0.1) is 0 Å². The summed E-state index contributed by atoms with van der Waals surface area (Å²) in [7, 11) is 1.55. The van der Waals surface area contributed by atoms with Crippen molar-refractivity contribution in [2.24, 2.45) is 0 Å². The minimum absolute atomic E-state index is 0.0109. The molecule has 9 nitrogen and oxygen atoms in total. The van der Waals surface area contributed by atoms with Crippen molar-refractivity contribution in [3.63, 3.8) is 0 Å². The van der Waals surface area contributed by atoms with Crippen LogP contribution in [0.25, 0.3) is 16.7 Å². The van der Waals surface area contributed by atoms with Crippen molar-refractivity contribution in [1.29, 1.82) is 5.41 Å². The molecule has 3 aromatic heterocycles. The molecular formula is C22H29N5O4. The van der Waals surface area contributed by atoms with Gasteiger partial charge in [0.15, 0.2) is 0 Å². The number of pyridine rings is 2. The molecular weight excluding hydrogens is 398 g/mol. The lowest BCUT2D eigenvalue weighted by Gasteiger charge is -2.15. The molecule has 1 amide bonds. The standard InChI is InChI=1S/C22H29N5O4/c1-14(2)31-11-6-10-26-18(23)16(21(28)24-8-12-30-4)13-17-20(26)25-19-15(3)7-5-9-27(19)22(17)29/h5,7,9,13-14,23H,6,8,10-12H2,1-4H3,(H,24,28). The van der Waals surface area contributed by atoms with Crippen molar-refractivity contribution in [2.75, 3.05) is 26.9 Å². The number of rotatable bonds is 9. The van der Waals surface area contributed by atoms with E-state index in [9.17, 15) is 9.59 Å². The third-order valence-corrected chi connectivity index (χ3v) is 4.95. The second-order valence-electron chi connectivity index (χ2n) is 7.62. The van der Waals surface area contributed by atoms with Crippen LogP contribution >= 0.6 is 0 Å². The van der Waals surface area contributed by atoms with Crippen LogP contribution in [0.3, 0.4) is 0 Å². The van der Waals surface area contributed by atoms with E-state index in [2.05, 4.69) is 5.32 Å². The van der Waals surface area contributed by atoms with E-state index in [1.165, 1.54) is 10.5 Å². The second-order valence-corrected chi connectivity index (χ2v) is 7.62. The highest BCUT2D eigenvalue weighted by Gasteiger charge is 2.17. The molecule has 0 unspecified atom stereocenters. The Bertz CT molecular complexity index is 1210. The Hall–Kier alpha value is -3.04. The first-order chi connectivity index (χ1) is 14.8. The van der Waals surface area contributed by atoms with Crippen LogP contribution in [-0.4, -0.2) is 52.8 Å². The molecule has 9 heteroatoms. The molecule has 0 fully saturated rings. The zero-order chi connectivity index (χ0) is 22.5. The maximum atomic E-state index is 13.2. The van der Waals surface area contributed by atoms with Crippen LogP contribution in [0.5, 0.6) is 0 Å². The van der Waals surface area contributed by atoms with Crippen molar-refractivity contribution in [3.05, 3.63) is 51.4 Å². The summed E-state index contributed by atoms with van der Waals surface area (Å²) in [5.74, 6) is -0.426. The number of nitrogens with zero attached hydrogens (tertiary/aromatic N) is 3. The number of hydrogen-bond acceptors (Lipinski definition) is 6. The fraction of sp³-hybridized carbons (Fsp3) is 0.455. The van der Waals surface area contributed by atoms with Gasteiger partial charge in [-0.3, -0.25) is 19.4 Å². The van der Waals surface area contributed by atoms with Crippen LogP contribution in [0, 0.1) is 12.3 Å². The first-order valence-electron chi connectivity index (χ1n) is 10.3. The van der Waals surface area contributed by atoms with Gasteiger partial charge in [0.2, 0.25) is 0 Å². The third-order valence-electron chi connectivity index (χ3n) is 4.95. The molecule has 0 aliphatic rings. The second kappa shape index (κ2) is 9.84. The number of ether oxygens (including phenoxy) is 2. The highest BCUT2D eigenvalue weighted by Crippen LogP contribution is 2.13. The minimum Gasteiger partial charge on any atom is -0.383 e. The summed E-state index contributed by atoms with van der Waals surface area (Å²) in [6, 6.07) is 5.13. The molecule has 0 saturated heterocycles. The Kier molecular flexibility index (Phi) is 7.19. The fourth-order valence-corrected chi connectivity index (χ4v) is 3.39. The summed E-state index contributed by atoms with van der Waals surface area (Å²) in [6.07, 6.45) is 2.38. The van der Waals surface area contributed by atoms with Gasteiger partial charge < -0.3 is 19.4 Å². The minimum atomic E-state index is -0.426. The average molecular weight is 428 g/mol. The number of nitrogens with one attached hydrogen (secondary N) is 2. The van der Waals surface area contributed by atoms with Gasteiger partial charge >= 0.3 is 0 Å². The molecule has 0 aromatic carbocycles. The number of carbonyl (C=O) groups excluding carboxylic acids is 1. The number of aromatic nitrogens is 3. The Morgan fingerprint density at radius 3 is 2.77 bits per heavy atom. The predicted octanol–water partition coefficient (Wildman–Crippen LogP) is 1.63. The number of amides is 1. The zero-order valence-corrected chi connectivity index (χ0v) is 18.4. The number of fused-ring (bicyclic) bond motifs is 2. The molecule has 0 bridgehead atoms. The molecule has 0 spiro atoms. The highest BCUT2D eigenvalue weighted by molar-refractivity contribution is 5.96. The van der Waals surface area contributed by atoms with Crippen LogP contribution in [0.1, 0.15) is 36.2 Å². The SMILES string of the molecule is COCCNC(=O)c1cc2c(=O)n3cccc(C)c3nc2n(CCCOC(C)C)c1=N. The summed E-state index contributed by atoms with van der Waals surface area (Å²) in [5.41, 5.74) is 1.63. The summed E-state index contributed by atoms with van der Waals surface area (Å²) in [4.78, 5) is 30.7. The van der Waals surface area contributed by atoms with Crippen molar-refractivity contribution in [3.8, 4) is 0 Å². The Balaban J connectivity index is 2.17. The van der Waals surface area contributed by atoms with E-state index in [0.717, 1.165) is 5.56 Å². The molecule has 3 rings (SSSR count). The van der Waals surface area contributed by atoms with E-state index in [1.54, 1.807) is 23.9 Å². The van der Waals surface area contributed by atoms with Gasteiger partial charge in [0.25, 0.3) is 11.5 Å². The number of methoxy groups -OCH3 is 1. The summed E-state index contributed by atoms with van der Waals surface area (Å²) < 4.78 is 13.7. The zero-order valence-electron chi connectivity index (χ0n) is 18.4. The predicted molar refractivity (Wildman–Crippen MR) is 117 cm³/mol. The topological polar surface area (TPSA) is 111 Å². The molecule has 0 radical (unpaired) electrons. The maximum Gasteiger partial charge on any atom is 0.267 e. The van der Waals surface area contributed by atoms with E-state index in [4.69, 9.17) is 19.9 Å². The molecule has 0 aliphatic heterocycles. The number of aryl methyl sites for hydroxylation is 2. The average Bonchev–Trinajstić information content (AvgIpc) is 2.73. The van der Waals surface area contributed by atoms with Crippen LogP contribution in [-0.2, 0) is 16.0 Å². The Morgan fingerprint density at radius 1 is 1.29 bits per heavy atom. The van der Waals surface area contributed by atoms with Gasteiger partial charge in [0.1, 0.15) is 16.8 Å². The fourth-order valence-electron chi connectivity index (χ4n) is 3.39. The summed E-state index contributed by atoms with van der Waals surface area (Å²) in [6.45, 7) is 7.36. The molecule has 0 aliphatic carbocycles. The Morgan fingerprint density at radius 2 is 2.06 bits per heavy atom. The van der Waals surface area contributed by atoms with E-state index < -0.39 is 5.91 Å². The smallest absolute Gasteiger partial charge is 0.267 e. The normalized spacial score (nSPS) is 11.5. The van der Waals surface area contributed by atoms with E-state index >= 15 is 0 Å². The maximum absolute atomic E-state index is 13.2. The molecule has 166 valence electrons. The van der Waals surface area contributed by atoms with Gasteiger partial charge in [0, 0.05) is 33.0 Å². The van der Waals surface area contributed by atoms with Crippen LogP contribution in [0.4, 0.5) is 0 Å². The molecule has 3 heterocycles. The van der Waals surface area contributed by atoms with Crippen LogP contribution in [0.15, 0.2) is 29.2 Å². The number of carbonyl (C=O) groups is 1. The van der Waals surface area contributed by atoms with Crippen molar-refractivity contribution in [2.45, 2.75) is 39.8 Å². The van der Waals surface area contributed by atoms with E-state index in [-0.39, 0.29) is 22.7 Å². The molecule has 0 atom stereocenters. The van der Waals surface area contributed by atoms with Gasteiger partial charge in [-0.2, -0.15) is 0 Å². The van der Waals surface area contributed by atoms with Crippen molar-refractivity contribution >= 4 is 22.6 Å². The van der Waals surface area contributed by atoms with Crippen molar-refractivity contribution in [1.82, 2.24) is 19.3 Å². The lowest BCUT2D eigenvalue weighted by Crippen LogP contribution is -2.36. The van der Waals surface area contributed by atoms with Gasteiger partial charge in [-0.05, 0) is 44.9 Å². The quantitative estimate of drug-likeness (QED) is 0.398. The van der Waals surface area contributed by atoms with Gasteiger partial charge in [-0.25, -0.2) is 4.98 Å².